The molecule has 0 aromatic rings. The van der Waals surface area contributed by atoms with E-state index >= 15 is 0 Å². The van der Waals surface area contributed by atoms with Gasteiger partial charge in [0, 0.05) is 49.8 Å². The van der Waals surface area contributed by atoms with Crippen molar-refractivity contribution >= 4 is 70.9 Å². The summed E-state index contributed by atoms with van der Waals surface area (Å²) in [5.41, 5.74) is 0. The van der Waals surface area contributed by atoms with Crippen molar-refractivity contribution in [1.82, 2.24) is 29.4 Å². The largest absolute Gasteiger partial charge is 0.467 e. The van der Waals surface area contributed by atoms with Crippen molar-refractivity contribution in [3.05, 3.63) is 0 Å². The molecule has 7 heterocycles. The lowest BCUT2D eigenvalue weighted by Gasteiger charge is -2.35. The first kappa shape index (κ1) is 40.6. The Labute approximate surface area is 336 Å². The first-order valence-corrected chi connectivity index (χ1v) is 22.0. The third-order valence-corrected chi connectivity index (χ3v) is 15.5. The molecule has 7 saturated heterocycles. The molecule has 7 fully saturated rings. The van der Waals surface area contributed by atoms with E-state index in [0.29, 0.717) is 77.5 Å². The van der Waals surface area contributed by atoms with Gasteiger partial charge >= 0.3 is 11.9 Å². The van der Waals surface area contributed by atoms with Crippen LogP contribution in [-0.4, -0.2) is 188 Å². The predicted octanol–water partition coefficient (Wildman–Crippen LogP) is 0.492. The minimum absolute atomic E-state index is 0.187. The maximum absolute atomic E-state index is 14.3. The summed E-state index contributed by atoms with van der Waals surface area (Å²) in [5, 5.41) is -1.77. The molecule has 7 rings (SSSR count). The Morgan fingerprint density at radius 2 is 0.768 bits per heavy atom. The maximum atomic E-state index is 14.3. The fourth-order valence-corrected chi connectivity index (χ4v) is 12.8. The molecular weight excluding hydrogens is 765 g/mol. The van der Waals surface area contributed by atoms with Gasteiger partial charge in [-0.2, -0.15) is 0 Å². The van der Waals surface area contributed by atoms with Gasteiger partial charge in [-0.15, -0.1) is 23.5 Å². The van der Waals surface area contributed by atoms with Gasteiger partial charge in [-0.25, -0.2) is 9.59 Å². The lowest BCUT2D eigenvalue weighted by Crippen LogP contribution is -2.56. The number of ether oxygens (including phenoxy) is 2. The monoisotopic (exact) mass is 818 g/mol. The van der Waals surface area contributed by atoms with Crippen molar-refractivity contribution in [2.45, 2.75) is 135 Å². The second kappa shape index (κ2) is 16.7. The highest BCUT2D eigenvalue weighted by Gasteiger charge is 2.51. The van der Waals surface area contributed by atoms with E-state index in [4.69, 9.17) is 9.47 Å². The molecule has 0 N–H and O–H groups in total. The molecule has 7 aliphatic heterocycles. The second-order valence-electron chi connectivity index (χ2n) is 16.1. The van der Waals surface area contributed by atoms with Gasteiger partial charge < -0.3 is 38.9 Å². The fourth-order valence-electron chi connectivity index (χ4n) is 10.1. The standard InChI is InChI=1S/C38H54N6O10S2/c1-21-31(45)39-13-5-9-25(39)33(47)41-15-7-12-28(41)36(50)44-20-24(18-30(44)38(52)54-4)56-22(2)32(46)40-14-6-10-26(40)34(48)42-16-8-11-27(42)35(49)43-19-23(55-21)17-29(43)37(51)53-3/h21-30H,5-20H2,1-4H3/t21-,22-,23-,24-,25-,26-,27-,28-,29-,30-/m0/s1. The number of hydrogen-bond donors (Lipinski definition) is 0. The molecule has 0 radical (unpaired) electrons. The summed E-state index contributed by atoms with van der Waals surface area (Å²) in [5.74, 6) is -2.80. The Morgan fingerprint density at radius 1 is 0.482 bits per heavy atom. The number of nitrogens with zero attached hydrogens (tertiary/aromatic N) is 6. The highest BCUT2D eigenvalue weighted by molar-refractivity contribution is 8.01. The number of esters is 2. The van der Waals surface area contributed by atoms with Crippen LogP contribution in [0.1, 0.15) is 78.1 Å². The normalized spacial score (nSPS) is 36.1. The SMILES string of the molecule is COC(=O)[C@@H]1C[C@H]2CN1C(=O)[C@@H]1CCCN1C(=O)[C@@H]1CCCN1C(=O)[C@H](C)S[C@H]1C[C@@H](C(=O)OC)N(C1)C(=O)[C@@H]1CCCN1C(=O)[C@@H]1CCCN1C(=O)[C@H](C)S2. The van der Waals surface area contributed by atoms with Gasteiger partial charge in [-0.1, -0.05) is 0 Å². The molecule has 7 aliphatic rings. The summed E-state index contributed by atoms with van der Waals surface area (Å²) in [6, 6.07) is -4.82. The summed E-state index contributed by atoms with van der Waals surface area (Å²) < 4.78 is 10.2. The van der Waals surface area contributed by atoms with E-state index in [1.165, 1.54) is 47.5 Å². The van der Waals surface area contributed by atoms with Crippen LogP contribution >= 0.6 is 23.5 Å². The van der Waals surface area contributed by atoms with Gasteiger partial charge in [0.05, 0.1) is 24.7 Å². The van der Waals surface area contributed by atoms with Crippen molar-refractivity contribution in [3.8, 4) is 0 Å². The van der Waals surface area contributed by atoms with Crippen molar-refractivity contribution in [3.63, 3.8) is 0 Å². The third-order valence-electron chi connectivity index (χ3n) is 12.8. The maximum Gasteiger partial charge on any atom is 0.328 e. The highest BCUT2D eigenvalue weighted by Crippen LogP contribution is 2.38. The van der Waals surface area contributed by atoms with Crippen LogP contribution in [0.5, 0.6) is 0 Å². The zero-order valence-corrected chi connectivity index (χ0v) is 34.3. The van der Waals surface area contributed by atoms with Gasteiger partial charge in [0.15, 0.2) is 0 Å². The van der Waals surface area contributed by atoms with E-state index in [-0.39, 0.29) is 71.9 Å². The molecule has 4 bridgehead atoms. The van der Waals surface area contributed by atoms with Crippen molar-refractivity contribution in [2.24, 2.45) is 0 Å². The number of methoxy groups -OCH3 is 2. The number of amides is 6. The topological polar surface area (TPSA) is 174 Å². The minimum atomic E-state index is -0.877. The van der Waals surface area contributed by atoms with Crippen LogP contribution in [0.3, 0.4) is 0 Å². The van der Waals surface area contributed by atoms with Crippen LogP contribution < -0.4 is 0 Å². The van der Waals surface area contributed by atoms with Crippen LogP contribution in [0.2, 0.25) is 0 Å². The molecule has 308 valence electrons. The van der Waals surface area contributed by atoms with Crippen LogP contribution in [0.25, 0.3) is 0 Å². The second-order valence-corrected chi connectivity index (χ2v) is 19.4. The van der Waals surface area contributed by atoms with E-state index in [1.54, 1.807) is 33.4 Å². The molecule has 0 saturated carbocycles. The van der Waals surface area contributed by atoms with Gasteiger partial charge in [0.25, 0.3) is 0 Å². The molecular formula is C38H54N6O10S2. The molecule has 6 amide bonds. The van der Waals surface area contributed by atoms with Gasteiger partial charge in [-0.05, 0) is 78.1 Å². The molecule has 0 aliphatic carbocycles. The van der Waals surface area contributed by atoms with Crippen LogP contribution in [-0.2, 0) is 47.8 Å². The van der Waals surface area contributed by atoms with E-state index in [0.717, 1.165) is 0 Å². The Morgan fingerprint density at radius 3 is 1.07 bits per heavy atom. The minimum Gasteiger partial charge on any atom is -0.467 e. The molecule has 0 aromatic heterocycles. The quantitative estimate of drug-likeness (QED) is 0.354. The number of carbonyl (C=O) groups excluding carboxylic acids is 8. The number of carbonyl (C=O) groups is 8. The Hall–Kier alpha value is -3.54. The number of hydrogen-bond acceptors (Lipinski definition) is 12. The number of rotatable bonds is 2. The van der Waals surface area contributed by atoms with Crippen LogP contribution in [0.4, 0.5) is 0 Å². The number of thioether (sulfide) groups is 2. The highest BCUT2D eigenvalue weighted by atomic mass is 32.2. The zero-order valence-electron chi connectivity index (χ0n) is 32.7. The van der Waals surface area contributed by atoms with E-state index in [9.17, 15) is 38.4 Å². The Bertz CT molecular complexity index is 1520. The van der Waals surface area contributed by atoms with Gasteiger partial charge in [0.1, 0.15) is 36.3 Å². The van der Waals surface area contributed by atoms with E-state index in [1.807, 2.05) is 0 Å². The Balaban J connectivity index is 1.20. The van der Waals surface area contributed by atoms with Crippen molar-refractivity contribution in [2.75, 3.05) is 53.5 Å². The average molecular weight is 819 g/mol. The lowest BCUT2D eigenvalue weighted by atomic mass is 10.1. The van der Waals surface area contributed by atoms with Gasteiger partial charge in [-0.3, -0.25) is 28.8 Å². The molecule has 16 nitrogen and oxygen atoms in total. The van der Waals surface area contributed by atoms with Crippen LogP contribution in [0, 0.1) is 0 Å². The average Bonchev–Trinajstić information content (AvgIpc) is 4.05. The van der Waals surface area contributed by atoms with Crippen molar-refractivity contribution in [1.29, 1.82) is 0 Å². The first-order valence-electron chi connectivity index (χ1n) is 20.1. The molecule has 0 aromatic carbocycles. The molecule has 0 unspecified atom stereocenters. The number of fused-ring (bicyclic) bond motifs is 8. The molecule has 10 atom stereocenters. The summed E-state index contributed by atoms with van der Waals surface area (Å²) >= 11 is 2.72. The van der Waals surface area contributed by atoms with E-state index in [2.05, 4.69) is 0 Å². The van der Waals surface area contributed by atoms with Crippen molar-refractivity contribution < 1.29 is 47.8 Å². The third kappa shape index (κ3) is 7.48. The first-order chi connectivity index (χ1) is 26.8. The summed E-state index contributed by atoms with van der Waals surface area (Å²) in [6.07, 6.45) is 4.77. The molecule has 0 spiro atoms. The van der Waals surface area contributed by atoms with E-state index < -0.39 is 58.7 Å². The zero-order chi connectivity index (χ0) is 40.0. The summed E-state index contributed by atoms with van der Waals surface area (Å²) in [7, 11) is 2.55. The Kier molecular flexibility index (Phi) is 12.2. The molecule has 56 heavy (non-hydrogen) atoms. The van der Waals surface area contributed by atoms with Crippen LogP contribution in [0.15, 0.2) is 0 Å². The summed E-state index contributed by atoms with van der Waals surface area (Å²) in [4.78, 5) is 121. The van der Waals surface area contributed by atoms with Gasteiger partial charge in [0.2, 0.25) is 35.4 Å². The smallest absolute Gasteiger partial charge is 0.328 e. The summed E-state index contributed by atoms with van der Waals surface area (Å²) in [6.45, 7) is 5.42. The predicted molar refractivity (Wildman–Crippen MR) is 205 cm³/mol. The molecule has 18 heteroatoms. The fraction of sp³-hybridized carbons (Fsp3) is 0.789. The lowest BCUT2D eigenvalue weighted by molar-refractivity contribution is -0.155.